The molecule has 0 radical (unpaired) electrons. The third-order valence-electron chi connectivity index (χ3n) is 5.52. The Hall–Kier alpha value is -2.41. The summed E-state index contributed by atoms with van der Waals surface area (Å²) in [5, 5.41) is 0. The number of aryl methyl sites for hydroxylation is 1. The van der Waals surface area contributed by atoms with E-state index >= 15 is 0 Å². The van der Waals surface area contributed by atoms with E-state index in [-0.39, 0.29) is 25.0 Å². The molecular weight excluding hydrogens is 344 g/mol. The van der Waals surface area contributed by atoms with E-state index in [0.29, 0.717) is 25.6 Å². The first-order valence-electron chi connectivity index (χ1n) is 9.70. The van der Waals surface area contributed by atoms with Crippen molar-refractivity contribution in [1.82, 2.24) is 19.8 Å². The molecule has 0 aliphatic carbocycles. The van der Waals surface area contributed by atoms with Gasteiger partial charge >= 0.3 is 0 Å². The van der Waals surface area contributed by atoms with Gasteiger partial charge in [-0.1, -0.05) is 6.07 Å². The van der Waals surface area contributed by atoms with Crippen molar-refractivity contribution in [3.05, 3.63) is 29.6 Å². The molecule has 2 aromatic rings. The maximum Gasteiger partial charge on any atom is 0.248 e. The van der Waals surface area contributed by atoms with E-state index in [1.54, 1.807) is 0 Å². The summed E-state index contributed by atoms with van der Waals surface area (Å²) in [6.07, 6.45) is 3.36. The number of hydrogen-bond acceptors (Lipinski definition) is 4. The van der Waals surface area contributed by atoms with E-state index in [0.717, 1.165) is 42.7 Å². The van der Waals surface area contributed by atoms with Crippen LogP contribution in [0.2, 0.25) is 0 Å². The Morgan fingerprint density at radius 1 is 1.30 bits per heavy atom. The van der Waals surface area contributed by atoms with E-state index in [1.165, 1.54) is 5.56 Å². The average molecular weight is 370 g/mol. The van der Waals surface area contributed by atoms with Crippen molar-refractivity contribution in [2.75, 3.05) is 26.2 Å². The van der Waals surface area contributed by atoms with Gasteiger partial charge in [0.05, 0.1) is 11.0 Å². The quantitative estimate of drug-likeness (QED) is 0.873. The monoisotopic (exact) mass is 370 g/mol. The van der Waals surface area contributed by atoms with Gasteiger partial charge in [-0.15, -0.1) is 0 Å². The normalized spacial score (nSPS) is 18.6. The van der Waals surface area contributed by atoms with E-state index in [9.17, 15) is 9.59 Å². The molecule has 0 atom stereocenters. The highest BCUT2D eigenvalue weighted by molar-refractivity contribution is 5.79. The minimum Gasteiger partial charge on any atom is -0.364 e. The lowest BCUT2D eigenvalue weighted by atomic mass is 10.0. The molecule has 7 nitrogen and oxygen atoms in total. The van der Waals surface area contributed by atoms with Gasteiger partial charge in [0, 0.05) is 32.1 Å². The largest absolute Gasteiger partial charge is 0.364 e. The summed E-state index contributed by atoms with van der Waals surface area (Å²) in [6, 6.07) is 6.34. The highest BCUT2D eigenvalue weighted by atomic mass is 16.5. The van der Waals surface area contributed by atoms with Crippen LogP contribution in [-0.2, 0) is 20.9 Å². The summed E-state index contributed by atoms with van der Waals surface area (Å²) >= 11 is 0. The van der Waals surface area contributed by atoms with Gasteiger partial charge in [0.1, 0.15) is 19.0 Å². The van der Waals surface area contributed by atoms with Gasteiger partial charge in [0.15, 0.2) is 0 Å². The number of piperidine rings is 1. The molecule has 0 spiro atoms. The minimum absolute atomic E-state index is 0.00755. The van der Waals surface area contributed by atoms with Crippen molar-refractivity contribution in [2.45, 2.75) is 45.3 Å². The number of H-pyrrole nitrogens is 1. The molecule has 0 bridgehead atoms. The van der Waals surface area contributed by atoms with E-state index in [1.807, 2.05) is 34.9 Å². The number of nitrogens with zero attached hydrogens (tertiary/aromatic N) is 3. The number of carbonyl (C=O) groups is 2. The predicted octanol–water partition coefficient (Wildman–Crippen LogP) is 2.00. The fourth-order valence-electron chi connectivity index (χ4n) is 4.05. The van der Waals surface area contributed by atoms with Crippen molar-refractivity contribution >= 4 is 22.8 Å². The second-order valence-corrected chi connectivity index (χ2v) is 7.50. The van der Waals surface area contributed by atoms with Crippen LogP contribution in [0.25, 0.3) is 11.0 Å². The Bertz CT molecular complexity index is 839. The second kappa shape index (κ2) is 7.68. The molecule has 2 saturated heterocycles. The molecule has 0 unspecified atom stereocenters. The Morgan fingerprint density at radius 2 is 2.11 bits per heavy atom. The van der Waals surface area contributed by atoms with Gasteiger partial charge in [0.25, 0.3) is 0 Å². The number of aromatic amines is 1. The van der Waals surface area contributed by atoms with Gasteiger partial charge in [0.2, 0.25) is 11.8 Å². The first-order chi connectivity index (χ1) is 13.1. The summed E-state index contributed by atoms with van der Waals surface area (Å²) in [6.45, 7) is 4.65. The van der Waals surface area contributed by atoms with Crippen molar-refractivity contribution in [3.63, 3.8) is 0 Å². The van der Waals surface area contributed by atoms with Crippen LogP contribution < -0.4 is 0 Å². The number of imidazole rings is 1. The highest BCUT2D eigenvalue weighted by Crippen LogP contribution is 2.22. The van der Waals surface area contributed by atoms with E-state index < -0.39 is 0 Å². The van der Waals surface area contributed by atoms with Crippen molar-refractivity contribution in [1.29, 1.82) is 0 Å². The zero-order chi connectivity index (χ0) is 18.8. The number of ether oxygens (including phenoxy) is 1. The fraction of sp³-hybridized carbons (Fsp3) is 0.550. The van der Waals surface area contributed by atoms with Crippen LogP contribution in [0, 0.1) is 6.92 Å². The molecule has 4 rings (SSSR count). The van der Waals surface area contributed by atoms with Gasteiger partial charge in [-0.3, -0.25) is 9.59 Å². The third kappa shape index (κ3) is 3.98. The molecular formula is C20H26N4O3. The van der Waals surface area contributed by atoms with E-state index in [2.05, 4.69) is 9.97 Å². The number of rotatable bonds is 5. The number of likely N-dealkylation sites (tertiary alicyclic amines) is 2. The summed E-state index contributed by atoms with van der Waals surface area (Å²) in [7, 11) is 0. The molecule has 2 fully saturated rings. The average Bonchev–Trinajstić information content (AvgIpc) is 3.27. The first-order valence-corrected chi connectivity index (χ1v) is 9.70. The van der Waals surface area contributed by atoms with Gasteiger partial charge < -0.3 is 19.5 Å². The summed E-state index contributed by atoms with van der Waals surface area (Å²) < 4.78 is 5.59. The molecule has 0 saturated carbocycles. The molecule has 27 heavy (non-hydrogen) atoms. The van der Waals surface area contributed by atoms with Gasteiger partial charge in [-0.2, -0.15) is 0 Å². The number of fused-ring (bicyclic) bond motifs is 1. The lowest BCUT2D eigenvalue weighted by molar-refractivity contribution is -0.139. The van der Waals surface area contributed by atoms with Gasteiger partial charge in [-0.25, -0.2) is 4.98 Å². The van der Waals surface area contributed by atoms with Crippen LogP contribution in [0.4, 0.5) is 0 Å². The number of nitrogens with one attached hydrogen (secondary N) is 1. The highest BCUT2D eigenvalue weighted by Gasteiger charge is 2.31. The lowest BCUT2D eigenvalue weighted by Gasteiger charge is -2.36. The Morgan fingerprint density at radius 3 is 2.85 bits per heavy atom. The SMILES string of the molecule is Cc1ccc2nc(COCC(=O)N3CCC(N4CCCC4=O)CC3)[nH]c2c1. The lowest BCUT2D eigenvalue weighted by Crippen LogP contribution is -2.47. The molecule has 1 aromatic heterocycles. The molecule has 2 amide bonds. The minimum atomic E-state index is 0.00755. The summed E-state index contributed by atoms with van der Waals surface area (Å²) in [5.74, 6) is 1.01. The molecule has 144 valence electrons. The zero-order valence-corrected chi connectivity index (χ0v) is 15.7. The molecule has 2 aliphatic rings. The third-order valence-corrected chi connectivity index (χ3v) is 5.52. The number of hydrogen-bond donors (Lipinski definition) is 1. The van der Waals surface area contributed by atoms with Crippen molar-refractivity contribution in [3.8, 4) is 0 Å². The number of amides is 2. The maximum absolute atomic E-state index is 12.4. The summed E-state index contributed by atoms with van der Waals surface area (Å²) in [4.78, 5) is 35.8. The molecule has 1 N–H and O–H groups in total. The summed E-state index contributed by atoms with van der Waals surface area (Å²) in [5.41, 5.74) is 3.07. The molecule has 7 heteroatoms. The standard InChI is InChI=1S/C20H26N4O3/c1-14-4-5-16-17(11-14)22-18(21-16)12-27-13-20(26)23-9-6-15(7-10-23)24-8-2-3-19(24)25/h4-5,11,15H,2-3,6-10,12-13H2,1H3,(H,21,22). The number of aromatic nitrogens is 2. The van der Waals surface area contributed by atoms with Crippen LogP contribution in [0.3, 0.4) is 0 Å². The molecule has 1 aromatic carbocycles. The molecule has 3 heterocycles. The van der Waals surface area contributed by atoms with Crippen molar-refractivity contribution in [2.24, 2.45) is 0 Å². The zero-order valence-electron chi connectivity index (χ0n) is 15.7. The second-order valence-electron chi connectivity index (χ2n) is 7.50. The van der Waals surface area contributed by atoms with Gasteiger partial charge in [-0.05, 0) is 43.9 Å². The number of benzene rings is 1. The van der Waals surface area contributed by atoms with Crippen LogP contribution >= 0.6 is 0 Å². The fourth-order valence-corrected chi connectivity index (χ4v) is 4.05. The topological polar surface area (TPSA) is 78.5 Å². The van der Waals surface area contributed by atoms with Crippen LogP contribution in [-0.4, -0.2) is 63.9 Å². The van der Waals surface area contributed by atoms with Crippen LogP contribution in [0.15, 0.2) is 18.2 Å². The number of carbonyl (C=O) groups excluding carboxylic acids is 2. The van der Waals surface area contributed by atoms with Crippen molar-refractivity contribution < 1.29 is 14.3 Å². The maximum atomic E-state index is 12.4. The Balaban J connectivity index is 1.23. The Kier molecular flexibility index (Phi) is 5.11. The predicted molar refractivity (Wildman–Crippen MR) is 101 cm³/mol. The first kappa shape index (κ1) is 18.0. The smallest absolute Gasteiger partial charge is 0.248 e. The molecule has 2 aliphatic heterocycles. The van der Waals surface area contributed by atoms with Crippen LogP contribution in [0.1, 0.15) is 37.1 Å². The van der Waals surface area contributed by atoms with Crippen LogP contribution in [0.5, 0.6) is 0 Å². The van der Waals surface area contributed by atoms with E-state index in [4.69, 9.17) is 4.74 Å². The Labute approximate surface area is 158 Å².